The second-order valence-electron chi connectivity index (χ2n) is 6.57. The van der Waals surface area contributed by atoms with E-state index in [0.29, 0.717) is 45.6 Å². The van der Waals surface area contributed by atoms with Gasteiger partial charge in [0, 0.05) is 58.0 Å². The summed E-state index contributed by atoms with van der Waals surface area (Å²) in [5, 5.41) is 3.00. The van der Waals surface area contributed by atoms with E-state index in [1.807, 2.05) is 12.1 Å². The molecular formula is C19H28N4O4. The zero-order chi connectivity index (χ0) is 19.6. The molecule has 1 aliphatic heterocycles. The molecule has 1 aliphatic rings. The van der Waals surface area contributed by atoms with Crippen LogP contribution in [-0.2, 0) is 20.9 Å². The number of piperidine rings is 1. The Kier molecular flexibility index (Phi) is 8.03. The molecule has 0 radical (unpaired) electrons. The molecule has 0 spiro atoms. The predicted molar refractivity (Wildman–Crippen MR) is 99.7 cm³/mol. The number of nitrogens with one attached hydrogen (secondary N) is 1. The van der Waals surface area contributed by atoms with Crippen LogP contribution in [0.3, 0.4) is 0 Å². The van der Waals surface area contributed by atoms with Crippen molar-refractivity contribution in [3.05, 3.63) is 30.1 Å². The lowest BCUT2D eigenvalue weighted by Gasteiger charge is -2.31. The van der Waals surface area contributed by atoms with Crippen molar-refractivity contribution in [3.63, 3.8) is 0 Å². The van der Waals surface area contributed by atoms with E-state index in [1.54, 1.807) is 29.1 Å². The third kappa shape index (κ3) is 6.88. The Bertz CT molecular complexity index is 630. The SMILES string of the molecule is CCOC(=O)N1CCC(NC(=O)CCN(Cc2ccncc2)C(C)=O)CC1. The standard InChI is InChI=1S/C19H28N4O4/c1-3-27-19(26)22-11-6-17(7-12-22)21-18(25)8-13-23(15(2)24)14-16-4-9-20-10-5-16/h4-5,9-10,17H,3,6-8,11-14H2,1-2H3,(H,21,25). The summed E-state index contributed by atoms with van der Waals surface area (Å²) >= 11 is 0. The van der Waals surface area contributed by atoms with Crippen molar-refractivity contribution >= 4 is 17.9 Å². The number of hydrogen-bond donors (Lipinski definition) is 1. The highest BCUT2D eigenvalue weighted by molar-refractivity contribution is 5.78. The van der Waals surface area contributed by atoms with Gasteiger partial charge in [0.15, 0.2) is 0 Å². The van der Waals surface area contributed by atoms with Crippen LogP contribution in [0.2, 0.25) is 0 Å². The van der Waals surface area contributed by atoms with E-state index in [4.69, 9.17) is 4.74 Å². The molecule has 148 valence electrons. The maximum Gasteiger partial charge on any atom is 0.409 e. The summed E-state index contributed by atoms with van der Waals surface area (Å²) in [5.74, 6) is -0.145. The first-order valence-electron chi connectivity index (χ1n) is 9.35. The van der Waals surface area contributed by atoms with Crippen molar-refractivity contribution < 1.29 is 19.1 Å². The molecule has 1 fully saturated rings. The third-order valence-electron chi connectivity index (χ3n) is 4.56. The lowest BCUT2D eigenvalue weighted by Crippen LogP contribution is -2.47. The normalized spacial score (nSPS) is 14.5. The molecule has 0 atom stereocenters. The maximum absolute atomic E-state index is 12.2. The van der Waals surface area contributed by atoms with Crippen LogP contribution in [0.25, 0.3) is 0 Å². The minimum atomic E-state index is -0.296. The van der Waals surface area contributed by atoms with E-state index in [9.17, 15) is 14.4 Å². The maximum atomic E-state index is 12.2. The monoisotopic (exact) mass is 376 g/mol. The fourth-order valence-corrected chi connectivity index (χ4v) is 3.01. The second kappa shape index (κ2) is 10.5. The van der Waals surface area contributed by atoms with E-state index < -0.39 is 0 Å². The van der Waals surface area contributed by atoms with Crippen LogP contribution in [0.1, 0.15) is 38.7 Å². The molecule has 1 N–H and O–H groups in total. The first-order valence-corrected chi connectivity index (χ1v) is 9.35. The number of rotatable bonds is 7. The molecule has 0 aromatic carbocycles. The Balaban J connectivity index is 1.73. The van der Waals surface area contributed by atoms with Gasteiger partial charge in [-0.1, -0.05) is 0 Å². The van der Waals surface area contributed by atoms with Gasteiger partial charge in [-0.05, 0) is 37.5 Å². The van der Waals surface area contributed by atoms with E-state index in [2.05, 4.69) is 10.3 Å². The quantitative estimate of drug-likeness (QED) is 0.780. The summed E-state index contributed by atoms with van der Waals surface area (Å²) in [7, 11) is 0. The molecule has 27 heavy (non-hydrogen) atoms. The van der Waals surface area contributed by atoms with Crippen LogP contribution in [-0.4, -0.2) is 65.0 Å². The zero-order valence-electron chi connectivity index (χ0n) is 16.0. The second-order valence-corrected chi connectivity index (χ2v) is 6.57. The summed E-state index contributed by atoms with van der Waals surface area (Å²) in [4.78, 5) is 43.1. The average molecular weight is 376 g/mol. The number of likely N-dealkylation sites (tertiary alicyclic amines) is 1. The first-order chi connectivity index (χ1) is 13.0. The molecule has 0 bridgehead atoms. The molecule has 0 saturated carbocycles. The Morgan fingerprint density at radius 3 is 2.52 bits per heavy atom. The van der Waals surface area contributed by atoms with Gasteiger partial charge in [0.05, 0.1) is 6.61 Å². The zero-order valence-corrected chi connectivity index (χ0v) is 16.0. The van der Waals surface area contributed by atoms with Gasteiger partial charge in [-0.15, -0.1) is 0 Å². The molecule has 0 unspecified atom stereocenters. The lowest BCUT2D eigenvalue weighted by atomic mass is 10.1. The number of carbonyl (C=O) groups excluding carboxylic acids is 3. The van der Waals surface area contributed by atoms with Crippen molar-refractivity contribution in [3.8, 4) is 0 Å². The van der Waals surface area contributed by atoms with Gasteiger partial charge in [-0.2, -0.15) is 0 Å². The van der Waals surface area contributed by atoms with Crippen molar-refractivity contribution in [2.24, 2.45) is 0 Å². The minimum Gasteiger partial charge on any atom is -0.450 e. The molecule has 1 saturated heterocycles. The fourth-order valence-electron chi connectivity index (χ4n) is 3.01. The Morgan fingerprint density at radius 2 is 1.93 bits per heavy atom. The summed E-state index contributed by atoms with van der Waals surface area (Å²) < 4.78 is 4.99. The summed E-state index contributed by atoms with van der Waals surface area (Å²) in [5.41, 5.74) is 0.979. The van der Waals surface area contributed by atoms with E-state index >= 15 is 0 Å². The largest absolute Gasteiger partial charge is 0.450 e. The van der Waals surface area contributed by atoms with Gasteiger partial charge in [0.2, 0.25) is 11.8 Å². The molecular weight excluding hydrogens is 348 g/mol. The summed E-state index contributed by atoms with van der Waals surface area (Å²) in [6.45, 7) is 5.63. The van der Waals surface area contributed by atoms with Crippen molar-refractivity contribution in [1.82, 2.24) is 20.1 Å². The van der Waals surface area contributed by atoms with Gasteiger partial charge < -0.3 is 19.9 Å². The van der Waals surface area contributed by atoms with Crippen molar-refractivity contribution in [2.45, 2.75) is 45.7 Å². The average Bonchev–Trinajstić information content (AvgIpc) is 2.66. The van der Waals surface area contributed by atoms with Gasteiger partial charge in [-0.3, -0.25) is 14.6 Å². The number of hydrogen-bond acceptors (Lipinski definition) is 5. The number of amides is 3. The first kappa shape index (κ1) is 20.7. The molecule has 0 aliphatic carbocycles. The molecule has 2 heterocycles. The lowest BCUT2D eigenvalue weighted by molar-refractivity contribution is -0.130. The highest BCUT2D eigenvalue weighted by atomic mass is 16.6. The minimum absolute atomic E-state index is 0.0501. The number of pyridine rings is 1. The summed E-state index contributed by atoms with van der Waals surface area (Å²) in [6.07, 6.45) is 4.74. The topological polar surface area (TPSA) is 91.8 Å². The predicted octanol–water partition coefficient (Wildman–Crippen LogP) is 1.56. The highest BCUT2D eigenvalue weighted by Gasteiger charge is 2.24. The number of nitrogens with zero attached hydrogens (tertiary/aromatic N) is 3. The van der Waals surface area contributed by atoms with Crippen LogP contribution < -0.4 is 5.32 Å². The smallest absolute Gasteiger partial charge is 0.409 e. The Morgan fingerprint density at radius 1 is 1.26 bits per heavy atom. The molecule has 2 rings (SSSR count). The Labute approximate surface area is 159 Å². The van der Waals surface area contributed by atoms with Crippen molar-refractivity contribution in [2.75, 3.05) is 26.2 Å². The number of ether oxygens (including phenoxy) is 1. The molecule has 8 nitrogen and oxygen atoms in total. The van der Waals surface area contributed by atoms with Gasteiger partial charge in [0.25, 0.3) is 0 Å². The number of carbonyl (C=O) groups is 3. The Hall–Kier alpha value is -2.64. The number of aromatic nitrogens is 1. The van der Waals surface area contributed by atoms with Crippen LogP contribution in [0, 0.1) is 0 Å². The highest BCUT2D eigenvalue weighted by Crippen LogP contribution is 2.12. The van der Waals surface area contributed by atoms with Crippen LogP contribution >= 0.6 is 0 Å². The third-order valence-corrected chi connectivity index (χ3v) is 4.56. The van der Waals surface area contributed by atoms with E-state index in [0.717, 1.165) is 5.56 Å². The van der Waals surface area contributed by atoms with Gasteiger partial charge >= 0.3 is 6.09 Å². The fraction of sp³-hybridized carbons (Fsp3) is 0.579. The molecule has 8 heteroatoms. The van der Waals surface area contributed by atoms with E-state index in [-0.39, 0.29) is 30.4 Å². The van der Waals surface area contributed by atoms with Crippen molar-refractivity contribution in [1.29, 1.82) is 0 Å². The van der Waals surface area contributed by atoms with Gasteiger partial charge in [0.1, 0.15) is 0 Å². The van der Waals surface area contributed by atoms with Gasteiger partial charge in [-0.25, -0.2) is 4.79 Å². The molecule has 1 aromatic rings. The van der Waals surface area contributed by atoms with Crippen LogP contribution in [0.15, 0.2) is 24.5 Å². The van der Waals surface area contributed by atoms with Crippen LogP contribution in [0.4, 0.5) is 4.79 Å². The van der Waals surface area contributed by atoms with E-state index in [1.165, 1.54) is 6.92 Å². The van der Waals surface area contributed by atoms with Crippen LogP contribution in [0.5, 0.6) is 0 Å². The molecule has 3 amide bonds. The summed E-state index contributed by atoms with van der Waals surface area (Å²) in [6, 6.07) is 3.76. The molecule has 1 aromatic heterocycles.